The third kappa shape index (κ3) is 5.71. The zero-order valence-corrected chi connectivity index (χ0v) is 15.3. The van der Waals surface area contributed by atoms with Crippen molar-refractivity contribution < 1.29 is 23.5 Å². The summed E-state index contributed by atoms with van der Waals surface area (Å²) in [5.74, 6) is -1.20. The highest BCUT2D eigenvalue weighted by molar-refractivity contribution is 7.85. The second-order valence-corrected chi connectivity index (χ2v) is 7.08. The van der Waals surface area contributed by atoms with E-state index in [1.54, 1.807) is 30.3 Å². The smallest absolute Gasteiger partial charge is 0.328 e. The first-order chi connectivity index (χ1) is 12.9. The van der Waals surface area contributed by atoms with Gasteiger partial charge in [-0.25, -0.2) is 4.79 Å². The van der Waals surface area contributed by atoms with Gasteiger partial charge in [0.05, 0.1) is 22.8 Å². The first kappa shape index (κ1) is 20.2. The van der Waals surface area contributed by atoms with Crippen LogP contribution in [0.2, 0.25) is 0 Å². The lowest BCUT2D eigenvalue weighted by atomic mass is 10.1. The predicted octanol–water partition coefficient (Wildman–Crippen LogP) is 2.06. The lowest BCUT2D eigenvalue weighted by Crippen LogP contribution is -2.42. The van der Waals surface area contributed by atoms with Crippen molar-refractivity contribution in [2.24, 2.45) is 0 Å². The summed E-state index contributed by atoms with van der Waals surface area (Å²) in [6.07, 6.45) is 0.0921. The van der Waals surface area contributed by atoms with Crippen LogP contribution in [-0.4, -0.2) is 39.9 Å². The van der Waals surface area contributed by atoms with E-state index in [0.29, 0.717) is 4.90 Å². The van der Waals surface area contributed by atoms with Gasteiger partial charge in [-0.05, 0) is 24.6 Å². The number of methoxy groups -OCH3 is 1. The number of nitrogens with one attached hydrogen (secondary N) is 1. The number of rotatable bonds is 8. The van der Waals surface area contributed by atoms with Crippen LogP contribution in [0.1, 0.15) is 16.8 Å². The SMILES string of the molecule is COC(=O)[C@H](CC[S@@](=O)c1ccccc1)NC(=O)c1cccc([N+](=O)[O-])c1. The molecule has 0 aliphatic heterocycles. The summed E-state index contributed by atoms with van der Waals surface area (Å²) in [6.45, 7) is 0. The van der Waals surface area contributed by atoms with Crippen LogP contribution in [0.15, 0.2) is 59.5 Å². The zero-order chi connectivity index (χ0) is 19.8. The first-order valence-corrected chi connectivity index (χ1v) is 9.31. The van der Waals surface area contributed by atoms with E-state index in [9.17, 15) is 23.9 Å². The van der Waals surface area contributed by atoms with E-state index < -0.39 is 33.6 Å². The highest BCUT2D eigenvalue weighted by Gasteiger charge is 2.23. The molecule has 2 atom stereocenters. The molecular weight excluding hydrogens is 372 g/mol. The minimum atomic E-state index is -1.34. The van der Waals surface area contributed by atoms with Crippen LogP contribution < -0.4 is 5.32 Å². The fourth-order valence-electron chi connectivity index (χ4n) is 2.31. The van der Waals surface area contributed by atoms with E-state index in [-0.39, 0.29) is 23.4 Å². The number of esters is 1. The van der Waals surface area contributed by atoms with E-state index in [2.05, 4.69) is 10.1 Å². The lowest BCUT2D eigenvalue weighted by Gasteiger charge is -2.16. The Morgan fingerprint density at radius 2 is 1.89 bits per heavy atom. The molecule has 0 spiro atoms. The summed E-state index contributed by atoms with van der Waals surface area (Å²) in [5, 5.41) is 13.3. The Morgan fingerprint density at radius 3 is 2.52 bits per heavy atom. The summed E-state index contributed by atoms with van der Waals surface area (Å²) in [6, 6.07) is 12.9. The molecule has 2 aromatic carbocycles. The van der Waals surface area contributed by atoms with Crippen molar-refractivity contribution in [1.29, 1.82) is 0 Å². The minimum Gasteiger partial charge on any atom is -0.467 e. The molecule has 1 N–H and O–H groups in total. The molecule has 0 aromatic heterocycles. The number of ether oxygens (including phenoxy) is 1. The lowest BCUT2D eigenvalue weighted by molar-refractivity contribution is -0.384. The molecule has 8 nitrogen and oxygen atoms in total. The molecule has 0 saturated heterocycles. The number of carbonyl (C=O) groups is 2. The molecule has 0 radical (unpaired) electrons. The Balaban J connectivity index is 2.07. The number of nitro benzene ring substituents is 1. The fourth-order valence-corrected chi connectivity index (χ4v) is 3.45. The maximum Gasteiger partial charge on any atom is 0.328 e. The molecule has 27 heavy (non-hydrogen) atoms. The van der Waals surface area contributed by atoms with Gasteiger partial charge < -0.3 is 10.1 Å². The fraction of sp³-hybridized carbons (Fsp3) is 0.222. The second-order valence-electron chi connectivity index (χ2n) is 5.51. The van der Waals surface area contributed by atoms with Gasteiger partial charge in [-0.1, -0.05) is 24.3 Å². The Morgan fingerprint density at radius 1 is 1.19 bits per heavy atom. The van der Waals surface area contributed by atoms with Crippen LogP contribution >= 0.6 is 0 Å². The molecule has 0 saturated carbocycles. The van der Waals surface area contributed by atoms with Crippen molar-refractivity contribution in [3.05, 3.63) is 70.3 Å². The number of amides is 1. The summed E-state index contributed by atoms with van der Waals surface area (Å²) < 4.78 is 17.0. The third-order valence-electron chi connectivity index (χ3n) is 3.71. The van der Waals surface area contributed by atoms with Crippen LogP contribution in [0.4, 0.5) is 5.69 Å². The number of benzene rings is 2. The molecule has 142 valence electrons. The van der Waals surface area contributed by atoms with Gasteiger partial charge >= 0.3 is 5.97 Å². The van der Waals surface area contributed by atoms with E-state index in [4.69, 9.17) is 0 Å². The maximum atomic E-state index is 12.3. The van der Waals surface area contributed by atoms with Gasteiger partial charge in [0, 0.05) is 28.3 Å². The summed E-state index contributed by atoms with van der Waals surface area (Å²) >= 11 is 0. The number of nitrogens with zero attached hydrogens (tertiary/aromatic N) is 1. The maximum absolute atomic E-state index is 12.3. The normalized spacial score (nSPS) is 12.6. The van der Waals surface area contributed by atoms with Crippen LogP contribution in [0.5, 0.6) is 0 Å². The van der Waals surface area contributed by atoms with Crippen molar-refractivity contribution in [1.82, 2.24) is 5.32 Å². The van der Waals surface area contributed by atoms with Crippen molar-refractivity contribution in [2.75, 3.05) is 12.9 Å². The monoisotopic (exact) mass is 390 g/mol. The Hall–Kier alpha value is -3.07. The molecule has 2 aromatic rings. The van der Waals surface area contributed by atoms with E-state index in [1.165, 1.54) is 25.3 Å². The Kier molecular flexibility index (Phi) is 7.18. The van der Waals surface area contributed by atoms with Gasteiger partial charge in [0.2, 0.25) is 0 Å². The van der Waals surface area contributed by atoms with Crippen molar-refractivity contribution in [3.8, 4) is 0 Å². The highest BCUT2D eigenvalue weighted by Crippen LogP contribution is 2.14. The van der Waals surface area contributed by atoms with Crippen LogP contribution in [0, 0.1) is 10.1 Å². The summed E-state index contributed by atoms with van der Waals surface area (Å²) in [4.78, 5) is 35.1. The van der Waals surface area contributed by atoms with E-state index in [1.807, 2.05) is 0 Å². The van der Waals surface area contributed by atoms with E-state index in [0.717, 1.165) is 6.07 Å². The quantitative estimate of drug-likeness (QED) is 0.419. The molecule has 0 bridgehead atoms. The molecular formula is C18H18N2O6S. The average molecular weight is 390 g/mol. The minimum absolute atomic E-state index is 0.0438. The van der Waals surface area contributed by atoms with Crippen LogP contribution in [-0.2, 0) is 20.3 Å². The number of hydrogen-bond acceptors (Lipinski definition) is 6. The standard InChI is InChI=1S/C18H18N2O6S/c1-26-18(22)16(10-11-27(25)15-8-3-2-4-9-15)19-17(21)13-6-5-7-14(12-13)20(23)24/h2-9,12,16H,10-11H2,1H3,(H,19,21)/t16-,27+/m0/s1. The average Bonchev–Trinajstić information content (AvgIpc) is 2.70. The molecule has 2 rings (SSSR count). The highest BCUT2D eigenvalue weighted by atomic mass is 32.2. The van der Waals surface area contributed by atoms with Gasteiger partial charge in [0.15, 0.2) is 0 Å². The van der Waals surface area contributed by atoms with Gasteiger partial charge in [-0.2, -0.15) is 0 Å². The summed E-state index contributed by atoms with van der Waals surface area (Å²) in [7, 11) is -0.157. The van der Waals surface area contributed by atoms with Crippen molar-refractivity contribution in [3.63, 3.8) is 0 Å². The Bertz CT molecular complexity index is 856. The molecule has 1 amide bonds. The van der Waals surface area contributed by atoms with Gasteiger partial charge in [0.25, 0.3) is 11.6 Å². The van der Waals surface area contributed by atoms with Crippen molar-refractivity contribution in [2.45, 2.75) is 17.4 Å². The molecule has 0 unspecified atom stereocenters. The number of nitro groups is 1. The van der Waals surface area contributed by atoms with Gasteiger partial charge in [0.1, 0.15) is 6.04 Å². The molecule has 0 aliphatic rings. The van der Waals surface area contributed by atoms with Crippen LogP contribution in [0.25, 0.3) is 0 Å². The van der Waals surface area contributed by atoms with E-state index >= 15 is 0 Å². The number of hydrogen-bond donors (Lipinski definition) is 1. The zero-order valence-electron chi connectivity index (χ0n) is 14.5. The molecule has 0 heterocycles. The third-order valence-corrected chi connectivity index (χ3v) is 5.11. The first-order valence-electron chi connectivity index (χ1n) is 7.99. The Labute approximate surface area is 158 Å². The van der Waals surface area contributed by atoms with Gasteiger partial charge in [-0.3, -0.25) is 19.1 Å². The molecule has 0 fully saturated rings. The van der Waals surface area contributed by atoms with Crippen LogP contribution in [0.3, 0.4) is 0 Å². The van der Waals surface area contributed by atoms with Crippen molar-refractivity contribution >= 4 is 28.4 Å². The predicted molar refractivity (Wildman–Crippen MR) is 98.7 cm³/mol. The number of non-ortho nitro benzene ring substituents is 1. The summed E-state index contributed by atoms with van der Waals surface area (Å²) in [5.41, 5.74) is -0.190. The topological polar surface area (TPSA) is 116 Å². The molecule has 9 heteroatoms. The number of carbonyl (C=O) groups excluding carboxylic acids is 2. The second kappa shape index (κ2) is 9.58. The molecule has 0 aliphatic carbocycles. The largest absolute Gasteiger partial charge is 0.467 e. The van der Waals surface area contributed by atoms with Gasteiger partial charge in [-0.15, -0.1) is 0 Å².